The highest BCUT2D eigenvalue weighted by Crippen LogP contribution is 2.31. The lowest BCUT2D eigenvalue weighted by atomic mass is 10.0. The highest BCUT2D eigenvalue weighted by Gasteiger charge is 2.18. The van der Waals surface area contributed by atoms with Gasteiger partial charge in [0, 0.05) is 31.4 Å². The number of imidazole rings is 1. The zero-order valence-electron chi connectivity index (χ0n) is 11.7. The number of nitrogens with zero attached hydrogens (tertiary/aromatic N) is 2. The van der Waals surface area contributed by atoms with Crippen LogP contribution in [0.2, 0.25) is 10.0 Å². The zero-order chi connectivity index (χ0) is 14.5. The molecule has 2 rings (SSSR count). The van der Waals surface area contributed by atoms with Gasteiger partial charge in [0.25, 0.3) is 0 Å². The summed E-state index contributed by atoms with van der Waals surface area (Å²) in [6.45, 7) is 5.97. The van der Waals surface area contributed by atoms with Crippen molar-refractivity contribution in [2.24, 2.45) is 0 Å². The molecule has 1 heterocycles. The van der Waals surface area contributed by atoms with Crippen LogP contribution in [0.25, 0.3) is 0 Å². The van der Waals surface area contributed by atoms with Gasteiger partial charge in [-0.2, -0.15) is 0 Å². The number of nitrogens with one attached hydrogen (secondary N) is 1. The fourth-order valence-electron chi connectivity index (χ4n) is 2.33. The van der Waals surface area contributed by atoms with E-state index in [1.165, 1.54) is 0 Å². The van der Waals surface area contributed by atoms with Gasteiger partial charge in [-0.25, -0.2) is 4.98 Å². The molecule has 0 fully saturated rings. The molecule has 1 unspecified atom stereocenters. The predicted molar refractivity (Wildman–Crippen MR) is 84.5 cm³/mol. The van der Waals surface area contributed by atoms with Gasteiger partial charge in [-0.3, -0.25) is 0 Å². The molecule has 1 aromatic heterocycles. The molecule has 0 saturated heterocycles. The normalized spacial score (nSPS) is 12.6. The summed E-state index contributed by atoms with van der Waals surface area (Å²) in [5.41, 5.74) is 1.02. The van der Waals surface area contributed by atoms with Crippen molar-refractivity contribution < 1.29 is 0 Å². The van der Waals surface area contributed by atoms with Crippen molar-refractivity contribution in [3.63, 3.8) is 0 Å². The minimum atomic E-state index is 0.110. The molecule has 0 bridgehead atoms. The van der Waals surface area contributed by atoms with Crippen molar-refractivity contribution in [1.29, 1.82) is 0 Å². The molecule has 5 heteroatoms. The summed E-state index contributed by atoms with van der Waals surface area (Å²) in [6.07, 6.45) is 4.62. The van der Waals surface area contributed by atoms with Crippen LogP contribution in [0.3, 0.4) is 0 Å². The lowest BCUT2D eigenvalue weighted by molar-refractivity contribution is 0.522. The highest BCUT2D eigenvalue weighted by atomic mass is 35.5. The number of hydrogen-bond donors (Lipinski definition) is 1. The lowest BCUT2D eigenvalue weighted by Crippen LogP contribution is -2.24. The highest BCUT2D eigenvalue weighted by molar-refractivity contribution is 6.42. The van der Waals surface area contributed by atoms with Gasteiger partial charge in [0.15, 0.2) is 0 Å². The maximum absolute atomic E-state index is 6.34. The Morgan fingerprint density at radius 2 is 2.10 bits per heavy atom. The second-order valence-electron chi connectivity index (χ2n) is 4.59. The van der Waals surface area contributed by atoms with E-state index in [-0.39, 0.29) is 6.04 Å². The molecular formula is C15H19Cl2N3. The van der Waals surface area contributed by atoms with Crippen LogP contribution in [0.15, 0.2) is 30.6 Å². The number of aromatic nitrogens is 2. The van der Waals surface area contributed by atoms with Gasteiger partial charge in [0.2, 0.25) is 0 Å². The summed E-state index contributed by atoms with van der Waals surface area (Å²) in [5, 5.41) is 4.67. The average Bonchev–Trinajstić information content (AvgIpc) is 2.89. The standard InChI is InChI=1S/C15H19Cl2N3/c1-3-18-13(10-14-19-8-9-20(14)4-2)11-6-5-7-12(16)15(11)17/h5-9,13,18H,3-4,10H2,1-2H3. The number of halogens is 2. The third kappa shape index (κ3) is 3.35. The van der Waals surface area contributed by atoms with Crippen LogP contribution in [0.4, 0.5) is 0 Å². The number of rotatable bonds is 6. The lowest BCUT2D eigenvalue weighted by Gasteiger charge is -2.20. The molecule has 0 radical (unpaired) electrons. The molecule has 1 N–H and O–H groups in total. The Labute approximate surface area is 129 Å². The summed E-state index contributed by atoms with van der Waals surface area (Å²) >= 11 is 12.5. The number of hydrogen-bond acceptors (Lipinski definition) is 2. The van der Waals surface area contributed by atoms with E-state index in [0.29, 0.717) is 10.0 Å². The Hall–Kier alpha value is -1.03. The first kappa shape index (κ1) is 15.4. The van der Waals surface area contributed by atoms with Gasteiger partial charge in [-0.1, -0.05) is 42.3 Å². The van der Waals surface area contributed by atoms with Gasteiger partial charge in [0.05, 0.1) is 10.0 Å². The van der Waals surface area contributed by atoms with Gasteiger partial charge in [-0.15, -0.1) is 0 Å². The molecule has 0 spiro atoms. The molecule has 0 aliphatic carbocycles. The fraction of sp³-hybridized carbons (Fsp3) is 0.400. The quantitative estimate of drug-likeness (QED) is 0.870. The van der Waals surface area contributed by atoms with E-state index in [1.807, 2.05) is 30.6 Å². The van der Waals surface area contributed by atoms with E-state index in [2.05, 4.69) is 28.7 Å². The molecule has 1 aromatic carbocycles. The molecular weight excluding hydrogens is 293 g/mol. The van der Waals surface area contributed by atoms with E-state index in [9.17, 15) is 0 Å². The summed E-state index contributed by atoms with van der Waals surface area (Å²) in [4.78, 5) is 4.43. The molecule has 1 atom stereocenters. The van der Waals surface area contributed by atoms with Gasteiger partial charge in [0.1, 0.15) is 5.82 Å². The molecule has 0 saturated carbocycles. The van der Waals surface area contributed by atoms with Crippen LogP contribution in [0, 0.1) is 0 Å². The smallest absolute Gasteiger partial charge is 0.110 e. The average molecular weight is 312 g/mol. The minimum Gasteiger partial charge on any atom is -0.335 e. The Balaban J connectivity index is 2.29. The van der Waals surface area contributed by atoms with Gasteiger partial charge >= 0.3 is 0 Å². The topological polar surface area (TPSA) is 29.9 Å². The van der Waals surface area contributed by atoms with Crippen molar-refractivity contribution in [2.45, 2.75) is 32.9 Å². The van der Waals surface area contributed by atoms with E-state index < -0.39 is 0 Å². The monoisotopic (exact) mass is 311 g/mol. The Kier molecular flexibility index (Phi) is 5.46. The van der Waals surface area contributed by atoms with Crippen LogP contribution < -0.4 is 5.32 Å². The summed E-state index contributed by atoms with van der Waals surface area (Å²) in [5.74, 6) is 1.05. The molecule has 0 aliphatic heterocycles. The Morgan fingerprint density at radius 1 is 1.30 bits per heavy atom. The van der Waals surface area contributed by atoms with Crippen LogP contribution in [0.5, 0.6) is 0 Å². The van der Waals surface area contributed by atoms with Gasteiger partial charge in [-0.05, 0) is 25.1 Å². The van der Waals surface area contributed by atoms with E-state index in [4.69, 9.17) is 23.2 Å². The van der Waals surface area contributed by atoms with Gasteiger partial charge < -0.3 is 9.88 Å². The molecule has 0 aliphatic rings. The van der Waals surface area contributed by atoms with E-state index in [0.717, 1.165) is 30.9 Å². The fourth-order valence-corrected chi connectivity index (χ4v) is 2.77. The summed E-state index contributed by atoms with van der Waals surface area (Å²) in [6, 6.07) is 5.86. The molecule has 2 aromatic rings. The first-order chi connectivity index (χ1) is 9.67. The number of likely N-dealkylation sites (N-methyl/N-ethyl adjacent to an activating group) is 1. The maximum Gasteiger partial charge on any atom is 0.110 e. The largest absolute Gasteiger partial charge is 0.335 e. The first-order valence-electron chi connectivity index (χ1n) is 6.84. The summed E-state index contributed by atoms with van der Waals surface area (Å²) in [7, 11) is 0. The molecule has 20 heavy (non-hydrogen) atoms. The minimum absolute atomic E-state index is 0.110. The van der Waals surface area contributed by atoms with Crippen molar-refractivity contribution in [2.75, 3.05) is 6.54 Å². The van der Waals surface area contributed by atoms with Crippen molar-refractivity contribution in [3.05, 3.63) is 52.0 Å². The molecule has 108 valence electrons. The third-order valence-electron chi connectivity index (χ3n) is 3.34. The number of benzene rings is 1. The number of aryl methyl sites for hydroxylation is 1. The molecule has 0 amide bonds. The van der Waals surface area contributed by atoms with E-state index in [1.54, 1.807) is 0 Å². The second kappa shape index (κ2) is 7.11. The SMILES string of the molecule is CCNC(Cc1nccn1CC)c1cccc(Cl)c1Cl. The van der Waals surface area contributed by atoms with Crippen molar-refractivity contribution in [1.82, 2.24) is 14.9 Å². The van der Waals surface area contributed by atoms with Crippen LogP contribution in [-0.4, -0.2) is 16.1 Å². The van der Waals surface area contributed by atoms with Crippen LogP contribution in [-0.2, 0) is 13.0 Å². The zero-order valence-corrected chi connectivity index (χ0v) is 13.2. The van der Waals surface area contributed by atoms with Crippen LogP contribution >= 0.6 is 23.2 Å². The first-order valence-corrected chi connectivity index (χ1v) is 7.60. The van der Waals surface area contributed by atoms with E-state index >= 15 is 0 Å². The third-order valence-corrected chi connectivity index (χ3v) is 4.17. The Bertz CT molecular complexity index is 566. The maximum atomic E-state index is 6.34. The van der Waals surface area contributed by atoms with Crippen molar-refractivity contribution in [3.8, 4) is 0 Å². The molecule has 3 nitrogen and oxygen atoms in total. The van der Waals surface area contributed by atoms with Crippen LogP contribution in [0.1, 0.15) is 31.3 Å². The Morgan fingerprint density at radius 3 is 2.80 bits per heavy atom. The summed E-state index contributed by atoms with van der Waals surface area (Å²) < 4.78 is 2.14. The van der Waals surface area contributed by atoms with Crippen molar-refractivity contribution >= 4 is 23.2 Å². The predicted octanol–water partition coefficient (Wildman–Crippen LogP) is 4.10. The second-order valence-corrected chi connectivity index (χ2v) is 5.37.